The van der Waals surface area contributed by atoms with Gasteiger partial charge < -0.3 is 5.11 Å². The minimum absolute atomic E-state index is 0.616. The summed E-state index contributed by atoms with van der Waals surface area (Å²) in [6.07, 6.45) is 0.616. The lowest BCUT2D eigenvalue weighted by Crippen LogP contribution is -2.23. The Morgan fingerprint density at radius 3 is 2.75 bits per heavy atom. The molecule has 1 unspecified atom stereocenters. The molecule has 0 saturated carbocycles. The molecule has 0 aliphatic carbocycles. The first-order chi connectivity index (χ1) is 7.58. The largest absolute Gasteiger partial charge is 0.385 e. The van der Waals surface area contributed by atoms with Crippen molar-refractivity contribution in [2.45, 2.75) is 18.9 Å². The van der Waals surface area contributed by atoms with Gasteiger partial charge in [0.2, 0.25) is 0 Å². The first-order valence-electron chi connectivity index (χ1n) is 5.09. The third-order valence-electron chi connectivity index (χ3n) is 2.55. The summed E-state index contributed by atoms with van der Waals surface area (Å²) in [5.74, 6) is 0. The molecule has 0 aliphatic heterocycles. The first-order valence-corrected chi connectivity index (χ1v) is 6.34. The first kappa shape index (κ1) is 11.6. The van der Waals surface area contributed by atoms with Crippen molar-refractivity contribution in [1.29, 1.82) is 0 Å². The van der Waals surface area contributed by atoms with Gasteiger partial charge in [0.15, 0.2) is 0 Å². The fraction of sp³-hybridized carbons (Fsp3) is 0.231. The van der Waals surface area contributed by atoms with Crippen LogP contribution in [0, 0.1) is 0 Å². The highest BCUT2D eigenvalue weighted by atomic mass is 35.5. The van der Waals surface area contributed by atoms with E-state index in [1.807, 2.05) is 48.7 Å². The van der Waals surface area contributed by atoms with E-state index < -0.39 is 5.60 Å². The maximum Gasteiger partial charge on any atom is 0.0917 e. The molecule has 0 fully saturated rings. The second-order valence-electron chi connectivity index (χ2n) is 4.04. The van der Waals surface area contributed by atoms with Crippen molar-refractivity contribution in [2.75, 3.05) is 0 Å². The number of benzene rings is 1. The summed E-state index contributed by atoms with van der Waals surface area (Å²) in [5, 5.41) is 13.1. The van der Waals surface area contributed by atoms with E-state index in [0.717, 1.165) is 5.56 Å². The number of hydrogen-bond donors (Lipinski definition) is 1. The average Bonchev–Trinajstić information content (AvgIpc) is 2.70. The fourth-order valence-electron chi connectivity index (χ4n) is 1.68. The molecule has 1 N–H and O–H groups in total. The Morgan fingerprint density at radius 2 is 2.12 bits per heavy atom. The second-order valence-corrected chi connectivity index (χ2v) is 5.51. The lowest BCUT2D eigenvalue weighted by atomic mass is 9.92. The van der Waals surface area contributed by atoms with Gasteiger partial charge in [-0.1, -0.05) is 29.8 Å². The van der Waals surface area contributed by atoms with E-state index in [9.17, 15) is 5.11 Å². The molecule has 2 rings (SSSR count). The number of rotatable bonds is 3. The van der Waals surface area contributed by atoms with Crippen LogP contribution in [0.4, 0.5) is 0 Å². The van der Waals surface area contributed by atoms with Crippen LogP contribution in [-0.2, 0) is 12.0 Å². The molecular formula is C13H13ClOS. The van der Waals surface area contributed by atoms with Gasteiger partial charge in [-0.15, -0.1) is 11.3 Å². The van der Waals surface area contributed by atoms with Crippen molar-refractivity contribution < 1.29 is 5.11 Å². The minimum atomic E-state index is -0.865. The molecule has 1 atom stereocenters. The number of aliphatic hydroxyl groups is 1. The Morgan fingerprint density at radius 1 is 1.31 bits per heavy atom. The molecule has 2 aromatic rings. The molecule has 0 amide bonds. The highest BCUT2D eigenvalue weighted by Gasteiger charge is 2.24. The molecule has 0 saturated heterocycles. The maximum atomic E-state index is 10.4. The SMILES string of the molecule is CC(O)(Cc1cccs1)c1cccc(Cl)c1. The van der Waals surface area contributed by atoms with Crippen LogP contribution < -0.4 is 0 Å². The number of halogens is 1. The topological polar surface area (TPSA) is 20.2 Å². The Kier molecular flexibility index (Phi) is 3.33. The van der Waals surface area contributed by atoms with Gasteiger partial charge in [0, 0.05) is 16.3 Å². The van der Waals surface area contributed by atoms with E-state index in [1.54, 1.807) is 11.3 Å². The lowest BCUT2D eigenvalue weighted by Gasteiger charge is -2.23. The van der Waals surface area contributed by atoms with E-state index >= 15 is 0 Å². The highest BCUT2D eigenvalue weighted by Crippen LogP contribution is 2.28. The van der Waals surface area contributed by atoms with Crippen LogP contribution in [0.15, 0.2) is 41.8 Å². The molecule has 1 aromatic heterocycles. The summed E-state index contributed by atoms with van der Waals surface area (Å²) in [4.78, 5) is 1.17. The van der Waals surface area contributed by atoms with Crippen LogP contribution in [0.2, 0.25) is 5.02 Å². The molecule has 1 aromatic carbocycles. The van der Waals surface area contributed by atoms with Gasteiger partial charge in [-0.05, 0) is 36.1 Å². The predicted molar refractivity (Wildman–Crippen MR) is 69.0 cm³/mol. The van der Waals surface area contributed by atoms with Gasteiger partial charge in [0.25, 0.3) is 0 Å². The molecule has 0 radical (unpaired) electrons. The zero-order valence-electron chi connectivity index (χ0n) is 8.98. The summed E-state index contributed by atoms with van der Waals surface area (Å²) in [6, 6.07) is 11.4. The molecule has 0 aliphatic rings. The third kappa shape index (κ3) is 2.64. The zero-order valence-corrected chi connectivity index (χ0v) is 10.6. The highest BCUT2D eigenvalue weighted by molar-refractivity contribution is 7.09. The van der Waals surface area contributed by atoms with Gasteiger partial charge in [0.1, 0.15) is 0 Å². The van der Waals surface area contributed by atoms with Crippen molar-refractivity contribution in [3.8, 4) is 0 Å². The molecular weight excluding hydrogens is 240 g/mol. The third-order valence-corrected chi connectivity index (χ3v) is 3.66. The summed E-state index contributed by atoms with van der Waals surface area (Å²) in [5.41, 5.74) is -0.0103. The molecule has 16 heavy (non-hydrogen) atoms. The number of thiophene rings is 1. The molecule has 84 valence electrons. The monoisotopic (exact) mass is 252 g/mol. The summed E-state index contributed by atoms with van der Waals surface area (Å²) >= 11 is 7.58. The number of hydrogen-bond acceptors (Lipinski definition) is 2. The standard InChI is InChI=1S/C13H13ClOS/c1-13(15,9-12-6-3-7-16-12)10-4-2-5-11(14)8-10/h2-8,15H,9H2,1H3. The van der Waals surface area contributed by atoms with Gasteiger partial charge in [-0.25, -0.2) is 0 Å². The van der Waals surface area contributed by atoms with Gasteiger partial charge >= 0.3 is 0 Å². The Bertz CT molecular complexity index is 463. The van der Waals surface area contributed by atoms with Crippen LogP contribution >= 0.6 is 22.9 Å². The van der Waals surface area contributed by atoms with Crippen LogP contribution in [0.1, 0.15) is 17.4 Å². The summed E-state index contributed by atoms with van der Waals surface area (Å²) in [7, 11) is 0. The van der Waals surface area contributed by atoms with Gasteiger partial charge in [0.05, 0.1) is 5.60 Å². The van der Waals surface area contributed by atoms with Crippen LogP contribution in [0.25, 0.3) is 0 Å². The normalized spacial score (nSPS) is 14.7. The summed E-state index contributed by atoms with van der Waals surface area (Å²) < 4.78 is 0. The van der Waals surface area contributed by atoms with Crippen LogP contribution in [-0.4, -0.2) is 5.11 Å². The molecule has 1 heterocycles. The molecule has 3 heteroatoms. The van der Waals surface area contributed by atoms with Crippen molar-refractivity contribution in [2.24, 2.45) is 0 Å². The van der Waals surface area contributed by atoms with Crippen LogP contribution in [0.3, 0.4) is 0 Å². The van der Waals surface area contributed by atoms with Crippen molar-refractivity contribution in [3.05, 3.63) is 57.2 Å². The van der Waals surface area contributed by atoms with E-state index in [1.165, 1.54) is 4.88 Å². The van der Waals surface area contributed by atoms with Gasteiger partial charge in [-0.3, -0.25) is 0 Å². The Balaban J connectivity index is 2.24. The van der Waals surface area contributed by atoms with E-state index in [0.29, 0.717) is 11.4 Å². The van der Waals surface area contributed by atoms with Crippen molar-refractivity contribution in [3.63, 3.8) is 0 Å². The minimum Gasteiger partial charge on any atom is -0.385 e. The van der Waals surface area contributed by atoms with Crippen LogP contribution in [0.5, 0.6) is 0 Å². The predicted octanol–water partition coefficient (Wildman–Crippen LogP) is 3.85. The Hall–Kier alpha value is -0.830. The fourth-order valence-corrected chi connectivity index (χ4v) is 2.72. The second kappa shape index (κ2) is 4.58. The molecule has 0 spiro atoms. The lowest BCUT2D eigenvalue weighted by molar-refractivity contribution is 0.0585. The molecule has 1 nitrogen and oxygen atoms in total. The quantitative estimate of drug-likeness (QED) is 0.880. The molecule has 0 bridgehead atoms. The smallest absolute Gasteiger partial charge is 0.0917 e. The van der Waals surface area contributed by atoms with Gasteiger partial charge in [-0.2, -0.15) is 0 Å². The zero-order chi connectivity index (χ0) is 11.6. The summed E-state index contributed by atoms with van der Waals surface area (Å²) in [6.45, 7) is 1.82. The van der Waals surface area contributed by atoms with E-state index in [4.69, 9.17) is 11.6 Å². The van der Waals surface area contributed by atoms with E-state index in [2.05, 4.69) is 0 Å². The maximum absolute atomic E-state index is 10.4. The van der Waals surface area contributed by atoms with E-state index in [-0.39, 0.29) is 0 Å². The van der Waals surface area contributed by atoms with Crippen molar-refractivity contribution in [1.82, 2.24) is 0 Å². The van der Waals surface area contributed by atoms with Crippen molar-refractivity contribution >= 4 is 22.9 Å². The average molecular weight is 253 g/mol. The Labute approximate surface area is 104 Å².